The van der Waals surface area contributed by atoms with Crippen molar-refractivity contribution in [1.29, 1.82) is 0 Å². The molecule has 18 heavy (non-hydrogen) atoms. The van der Waals surface area contributed by atoms with Crippen LogP contribution in [0.25, 0.3) is 0 Å². The fourth-order valence-electron chi connectivity index (χ4n) is 1.45. The Hall–Kier alpha value is -2.22. The van der Waals surface area contributed by atoms with Gasteiger partial charge in [-0.15, -0.1) is 0 Å². The molecule has 2 rings (SSSR count). The van der Waals surface area contributed by atoms with Crippen molar-refractivity contribution < 1.29 is 9.47 Å². The molecule has 2 nitrogen and oxygen atoms in total. The highest BCUT2D eigenvalue weighted by molar-refractivity contribution is 5.28. The van der Waals surface area contributed by atoms with E-state index < -0.39 is 0 Å². The predicted molar refractivity (Wildman–Crippen MR) is 72.8 cm³/mol. The van der Waals surface area contributed by atoms with Crippen LogP contribution in [0.15, 0.2) is 61.1 Å². The second-order valence-corrected chi connectivity index (χ2v) is 4.13. The molecular weight excluding hydrogens is 224 g/mol. The Morgan fingerprint density at radius 3 is 1.28 bits per heavy atom. The van der Waals surface area contributed by atoms with Gasteiger partial charge in [0.1, 0.15) is 24.0 Å². The number of rotatable bonds is 4. The van der Waals surface area contributed by atoms with Crippen LogP contribution in [-0.2, 0) is 0 Å². The Morgan fingerprint density at radius 2 is 0.944 bits per heavy atom. The summed E-state index contributed by atoms with van der Waals surface area (Å²) in [6.07, 6.45) is 3.06. The van der Waals surface area contributed by atoms with Gasteiger partial charge < -0.3 is 9.47 Å². The van der Waals surface area contributed by atoms with Crippen molar-refractivity contribution in [2.75, 3.05) is 0 Å². The molecule has 0 heterocycles. The van der Waals surface area contributed by atoms with Crippen LogP contribution < -0.4 is 9.47 Å². The lowest BCUT2D eigenvalue weighted by Crippen LogP contribution is -1.86. The van der Waals surface area contributed by atoms with Gasteiger partial charge in [0.05, 0.1) is 0 Å². The molecule has 0 radical (unpaired) electrons. The van der Waals surface area contributed by atoms with Gasteiger partial charge in [-0.2, -0.15) is 0 Å². The zero-order valence-corrected chi connectivity index (χ0v) is 10.6. The zero-order valence-electron chi connectivity index (χ0n) is 10.6. The van der Waals surface area contributed by atoms with Gasteiger partial charge in [-0.25, -0.2) is 0 Å². The number of ether oxygens (including phenoxy) is 2. The highest BCUT2D eigenvalue weighted by Gasteiger charge is 1.91. The SMILES string of the molecule is Cc1ccc(O/C=C/Oc2ccc(C)cc2)cc1. The summed E-state index contributed by atoms with van der Waals surface area (Å²) in [5.41, 5.74) is 2.42. The van der Waals surface area contributed by atoms with Crippen LogP contribution in [0.2, 0.25) is 0 Å². The monoisotopic (exact) mass is 240 g/mol. The van der Waals surface area contributed by atoms with Crippen LogP contribution in [0.1, 0.15) is 11.1 Å². The van der Waals surface area contributed by atoms with Crippen molar-refractivity contribution in [3.63, 3.8) is 0 Å². The normalized spacial score (nSPS) is 10.6. The topological polar surface area (TPSA) is 18.5 Å². The van der Waals surface area contributed by atoms with Crippen LogP contribution in [0.3, 0.4) is 0 Å². The quantitative estimate of drug-likeness (QED) is 0.744. The van der Waals surface area contributed by atoms with Gasteiger partial charge in [0.15, 0.2) is 0 Å². The first-order chi connectivity index (χ1) is 8.74. The highest BCUT2D eigenvalue weighted by atomic mass is 16.5. The Kier molecular flexibility index (Phi) is 4.02. The van der Waals surface area contributed by atoms with Gasteiger partial charge in [0.25, 0.3) is 0 Å². The minimum absolute atomic E-state index is 0.796. The highest BCUT2D eigenvalue weighted by Crippen LogP contribution is 2.13. The fourth-order valence-corrected chi connectivity index (χ4v) is 1.45. The van der Waals surface area contributed by atoms with Crippen LogP contribution >= 0.6 is 0 Å². The maximum atomic E-state index is 5.40. The molecule has 0 atom stereocenters. The zero-order chi connectivity index (χ0) is 12.8. The molecule has 0 saturated carbocycles. The molecule has 0 aromatic heterocycles. The van der Waals surface area contributed by atoms with Crippen LogP contribution in [-0.4, -0.2) is 0 Å². The van der Waals surface area contributed by atoms with E-state index in [1.54, 1.807) is 0 Å². The molecule has 0 aliphatic heterocycles. The van der Waals surface area contributed by atoms with Crippen molar-refractivity contribution in [1.82, 2.24) is 0 Å². The molecule has 92 valence electrons. The van der Waals surface area contributed by atoms with Gasteiger partial charge in [-0.05, 0) is 38.1 Å². The van der Waals surface area contributed by atoms with E-state index in [9.17, 15) is 0 Å². The summed E-state index contributed by atoms with van der Waals surface area (Å²) in [7, 11) is 0. The molecule has 0 spiro atoms. The van der Waals surface area contributed by atoms with Crippen molar-refractivity contribution in [3.8, 4) is 11.5 Å². The molecule has 2 aromatic rings. The lowest BCUT2D eigenvalue weighted by Gasteiger charge is -2.02. The first kappa shape index (κ1) is 12.2. The summed E-state index contributed by atoms with van der Waals surface area (Å²) in [5, 5.41) is 0. The molecule has 2 heteroatoms. The third-order valence-corrected chi connectivity index (χ3v) is 2.51. The summed E-state index contributed by atoms with van der Waals surface area (Å²) in [6, 6.07) is 15.7. The minimum atomic E-state index is 0.796. The second-order valence-electron chi connectivity index (χ2n) is 4.13. The number of hydrogen-bond donors (Lipinski definition) is 0. The summed E-state index contributed by atoms with van der Waals surface area (Å²) < 4.78 is 10.8. The Bertz CT molecular complexity index is 460. The van der Waals surface area contributed by atoms with E-state index in [1.165, 1.54) is 23.7 Å². The van der Waals surface area contributed by atoms with Crippen molar-refractivity contribution >= 4 is 0 Å². The standard InChI is InChI=1S/C16H16O2/c1-13-3-7-15(8-4-13)17-11-12-18-16-9-5-14(2)6-10-16/h3-12H,1-2H3/b12-11+. The van der Waals surface area contributed by atoms with Gasteiger partial charge in [-0.3, -0.25) is 0 Å². The molecule has 0 N–H and O–H groups in total. The first-order valence-electron chi connectivity index (χ1n) is 5.86. The van der Waals surface area contributed by atoms with Gasteiger partial charge in [-0.1, -0.05) is 35.4 Å². The van der Waals surface area contributed by atoms with E-state index >= 15 is 0 Å². The smallest absolute Gasteiger partial charge is 0.126 e. The molecular formula is C16H16O2. The molecule has 0 aliphatic rings. The molecule has 0 saturated heterocycles. The van der Waals surface area contributed by atoms with Crippen LogP contribution in [0, 0.1) is 13.8 Å². The summed E-state index contributed by atoms with van der Waals surface area (Å²) >= 11 is 0. The Morgan fingerprint density at radius 1 is 0.611 bits per heavy atom. The lowest BCUT2D eigenvalue weighted by molar-refractivity contribution is 0.422. The van der Waals surface area contributed by atoms with Gasteiger partial charge in [0.2, 0.25) is 0 Å². The molecule has 0 aliphatic carbocycles. The van der Waals surface area contributed by atoms with Crippen molar-refractivity contribution in [2.45, 2.75) is 13.8 Å². The third-order valence-electron chi connectivity index (χ3n) is 2.51. The maximum Gasteiger partial charge on any atom is 0.126 e. The fraction of sp³-hybridized carbons (Fsp3) is 0.125. The summed E-state index contributed by atoms with van der Waals surface area (Å²) in [4.78, 5) is 0. The van der Waals surface area contributed by atoms with E-state index in [4.69, 9.17) is 9.47 Å². The van der Waals surface area contributed by atoms with E-state index in [-0.39, 0.29) is 0 Å². The minimum Gasteiger partial charge on any atom is -0.462 e. The largest absolute Gasteiger partial charge is 0.462 e. The number of hydrogen-bond acceptors (Lipinski definition) is 2. The van der Waals surface area contributed by atoms with Crippen molar-refractivity contribution in [2.24, 2.45) is 0 Å². The van der Waals surface area contributed by atoms with E-state index in [0.29, 0.717) is 0 Å². The van der Waals surface area contributed by atoms with E-state index in [2.05, 4.69) is 0 Å². The molecule has 0 unspecified atom stereocenters. The second kappa shape index (κ2) is 5.92. The molecule has 0 amide bonds. The van der Waals surface area contributed by atoms with E-state index in [1.807, 2.05) is 62.4 Å². The third kappa shape index (κ3) is 3.67. The van der Waals surface area contributed by atoms with Gasteiger partial charge in [0, 0.05) is 0 Å². The number of benzene rings is 2. The number of aryl methyl sites for hydroxylation is 2. The van der Waals surface area contributed by atoms with Crippen LogP contribution in [0.5, 0.6) is 11.5 Å². The molecule has 2 aromatic carbocycles. The predicted octanol–water partition coefficient (Wildman–Crippen LogP) is 4.23. The first-order valence-corrected chi connectivity index (χ1v) is 5.86. The average molecular weight is 240 g/mol. The van der Waals surface area contributed by atoms with Gasteiger partial charge >= 0.3 is 0 Å². The average Bonchev–Trinajstić information content (AvgIpc) is 2.39. The molecule has 0 fully saturated rings. The maximum absolute atomic E-state index is 5.40. The molecule has 0 bridgehead atoms. The van der Waals surface area contributed by atoms with Crippen LogP contribution in [0.4, 0.5) is 0 Å². The Labute approximate surface area is 107 Å². The lowest BCUT2D eigenvalue weighted by atomic mass is 10.2. The summed E-state index contributed by atoms with van der Waals surface area (Å²) in [6.45, 7) is 4.08. The Balaban J connectivity index is 1.85. The summed E-state index contributed by atoms with van der Waals surface area (Å²) in [5.74, 6) is 1.59. The van der Waals surface area contributed by atoms with E-state index in [0.717, 1.165) is 11.5 Å². The van der Waals surface area contributed by atoms with Crippen molar-refractivity contribution in [3.05, 3.63) is 72.2 Å².